The molecule has 3 aromatic heterocycles. The first-order valence-corrected chi connectivity index (χ1v) is 8.31. The fourth-order valence-electron chi connectivity index (χ4n) is 3.14. The summed E-state index contributed by atoms with van der Waals surface area (Å²) in [5, 5.41) is 0. The van der Waals surface area contributed by atoms with Crippen LogP contribution in [0, 0.1) is 0 Å². The SMILES string of the molecule is O=C(c1ccc(-n2ccnc2)nc1)N1CCC(c2cnccn2)CC1. The molecule has 25 heavy (non-hydrogen) atoms. The molecule has 0 radical (unpaired) electrons. The Morgan fingerprint density at radius 1 is 1.00 bits per heavy atom. The number of pyridine rings is 1. The minimum atomic E-state index is 0.0299. The Morgan fingerprint density at radius 3 is 2.52 bits per heavy atom. The lowest BCUT2D eigenvalue weighted by Gasteiger charge is -2.31. The highest BCUT2D eigenvalue weighted by molar-refractivity contribution is 5.94. The highest BCUT2D eigenvalue weighted by Gasteiger charge is 2.25. The molecule has 0 aliphatic carbocycles. The van der Waals surface area contributed by atoms with Crippen molar-refractivity contribution in [2.45, 2.75) is 18.8 Å². The molecule has 1 aliphatic heterocycles. The lowest BCUT2D eigenvalue weighted by molar-refractivity contribution is 0.0711. The molecule has 4 rings (SSSR count). The summed E-state index contributed by atoms with van der Waals surface area (Å²) in [4.78, 5) is 31.4. The molecule has 1 aliphatic rings. The molecule has 1 amide bonds. The van der Waals surface area contributed by atoms with E-state index in [0.717, 1.165) is 37.4 Å². The van der Waals surface area contributed by atoms with Crippen molar-refractivity contribution in [3.8, 4) is 5.82 Å². The first kappa shape index (κ1) is 15.4. The van der Waals surface area contributed by atoms with E-state index in [1.54, 1.807) is 35.7 Å². The maximum Gasteiger partial charge on any atom is 0.255 e. The largest absolute Gasteiger partial charge is 0.339 e. The van der Waals surface area contributed by atoms with Crippen LogP contribution in [0.25, 0.3) is 5.82 Å². The fraction of sp³-hybridized carbons (Fsp3) is 0.278. The molecule has 1 saturated heterocycles. The Hall–Kier alpha value is -3.09. The molecular formula is C18H18N6O. The van der Waals surface area contributed by atoms with E-state index in [9.17, 15) is 4.79 Å². The standard InChI is InChI=1S/C18H18N6O/c25-18(15-1-2-17(22-11-15)24-10-7-20-13-24)23-8-3-14(4-9-23)16-12-19-5-6-21-16/h1-2,5-7,10-14H,3-4,8-9H2. The Morgan fingerprint density at radius 2 is 1.88 bits per heavy atom. The zero-order valence-corrected chi connectivity index (χ0v) is 13.7. The van der Waals surface area contributed by atoms with Gasteiger partial charge in [-0.15, -0.1) is 0 Å². The van der Waals surface area contributed by atoms with Crippen LogP contribution < -0.4 is 0 Å². The van der Waals surface area contributed by atoms with Gasteiger partial charge in [0.1, 0.15) is 12.1 Å². The molecule has 1 fully saturated rings. The molecule has 0 aromatic carbocycles. The fourth-order valence-corrected chi connectivity index (χ4v) is 3.14. The van der Waals surface area contributed by atoms with Gasteiger partial charge < -0.3 is 4.90 Å². The van der Waals surface area contributed by atoms with E-state index in [1.807, 2.05) is 29.4 Å². The predicted octanol–water partition coefficient (Wildman–Crippen LogP) is 2.08. The van der Waals surface area contributed by atoms with Crippen molar-refractivity contribution in [2.24, 2.45) is 0 Å². The zero-order chi connectivity index (χ0) is 17.1. The number of carbonyl (C=O) groups excluding carboxylic acids is 1. The van der Waals surface area contributed by atoms with Gasteiger partial charge in [-0.25, -0.2) is 9.97 Å². The summed E-state index contributed by atoms with van der Waals surface area (Å²) in [7, 11) is 0. The van der Waals surface area contributed by atoms with Crippen LogP contribution in [-0.4, -0.2) is 48.4 Å². The quantitative estimate of drug-likeness (QED) is 0.733. The van der Waals surface area contributed by atoms with Gasteiger partial charge in [-0.3, -0.25) is 19.3 Å². The van der Waals surface area contributed by atoms with Crippen LogP contribution in [0.15, 0.2) is 55.6 Å². The van der Waals surface area contributed by atoms with Crippen molar-refractivity contribution in [3.63, 3.8) is 0 Å². The number of piperidine rings is 1. The summed E-state index contributed by atoms with van der Waals surface area (Å²) < 4.78 is 1.81. The van der Waals surface area contributed by atoms with Crippen LogP contribution >= 0.6 is 0 Å². The molecule has 0 bridgehead atoms. The number of carbonyl (C=O) groups is 1. The second-order valence-corrected chi connectivity index (χ2v) is 6.07. The van der Waals surface area contributed by atoms with Crippen LogP contribution in [0.4, 0.5) is 0 Å². The first-order chi connectivity index (χ1) is 12.3. The van der Waals surface area contributed by atoms with Gasteiger partial charge in [0.15, 0.2) is 0 Å². The highest BCUT2D eigenvalue weighted by atomic mass is 16.2. The summed E-state index contributed by atoms with van der Waals surface area (Å²) >= 11 is 0. The zero-order valence-electron chi connectivity index (χ0n) is 13.7. The number of amides is 1. The number of hydrogen-bond donors (Lipinski definition) is 0. The van der Waals surface area contributed by atoms with Crippen molar-refractivity contribution >= 4 is 5.91 Å². The predicted molar refractivity (Wildman–Crippen MR) is 91.3 cm³/mol. The monoisotopic (exact) mass is 334 g/mol. The van der Waals surface area contributed by atoms with Gasteiger partial charge >= 0.3 is 0 Å². The number of aromatic nitrogens is 5. The van der Waals surface area contributed by atoms with Crippen LogP contribution in [0.5, 0.6) is 0 Å². The van der Waals surface area contributed by atoms with Crippen molar-refractivity contribution in [1.29, 1.82) is 0 Å². The molecule has 3 aromatic rings. The van der Waals surface area contributed by atoms with E-state index in [-0.39, 0.29) is 5.91 Å². The van der Waals surface area contributed by atoms with Crippen LogP contribution in [0.3, 0.4) is 0 Å². The lowest BCUT2D eigenvalue weighted by Crippen LogP contribution is -2.38. The number of imidazole rings is 1. The van der Waals surface area contributed by atoms with E-state index in [2.05, 4.69) is 19.9 Å². The topological polar surface area (TPSA) is 76.8 Å². The lowest BCUT2D eigenvalue weighted by atomic mass is 9.93. The molecule has 0 N–H and O–H groups in total. The summed E-state index contributed by atoms with van der Waals surface area (Å²) in [5.74, 6) is 1.15. The molecule has 0 spiro atoms. The number of rotatable bonds is 3. The molecule has 4 heterocycles. The van der Waals surface area contributed by atoms with Gasteiger partial charge in [-0.2, -0.15) is 0 Å². The van der Waals surface area contributed by atoms with E-state index in [4.69, 9.17) is 0 Å². The Bertz CT molecular complexity index is 824. The molecule has 7 heteroatoms. The molecule has 0 saturated carbocycles. The minimum Gasteiger partial charge on any atom is -0.339 e. The van der Waals surface area contributed by atoms with Crippen LogP contribution in [-0.2, 0) is 0 Å². The van der Waals surface area contributed by atoms with Gasteiger partial charge in [0.2, 0.25) is 0 Å². The van der Waals surface area contributed by atoms with Gasteiger partial charge in [-0.1, -0.05) is 0 Å². The summed E-state index contributed by atoms with van der Waals surface area (Å²) in [5.41, 5.74) is 1.63. The van der Waals surface area contributed by atoms with Crippen molar-refractivity contribution in [1.82, 2.24) is 29.4 Å². The summed E-state index contributed by atoms with van der Waals surface area (Å²) in [6.45, 7) is 1.45. The van der Waals surface area contributed by atoms with Gasteiger partial charge in [0, 0.05) is 56.2 Å². The van der Waals surface area contributed by atoms with Gasteiger partial charge in [-0.05, 0) is 25.0 Å². The second kappa shape index (κ2) is 6.80. The molecule has 7 nitrogen and oxygen atoms in total. The molecule has 126 valence electrons. The second-order valence-electron chi connectivity index (χ2n) is 6.07. The summed E-state index contributed by atoms with van der Waals surface area (Å²) in [6.07, 6.45) is 13.9. The maximum atomic E-state index is 12.7. The first-order valence-electron chi connectivity index (χ1n) is 8.31. The maximum absolute atomic E-state index is 12.7. The third-order valence-electron chi connectivity index (χ3n) is 4.55. The third kappa shape index (κ3) is 3.26. The van der Waals surface area contributed by atoms with Crippen molar-refractivity contribution in [3.05, 3.63) is 66.9 Å². The number of hydrogen-bond acceptors (Lipinski definition) is 5. The Balaban J connectivity index is 1.40. The minimum absolute atomic E-state index is 0.0299. The molecular weight excluding hydrogens is 316 g/mol. The number of likely N-dealkylation sites (tertiary alicyclic amines) is 1. The summed E-state index contributed by atoms with van der Waals surface area (Å²) in [6, 6.07) is 3.65. The van der Waals surface area contributed by atoms with E-state index in [1.165, 1.54) is 0 Å². The van der Waals surface area contributed by atoms with E-state index >= 15 is 0 Å². The van der Waals surface area contributed by atoms with E-state index < -0.39 is 0 Å². The Kier molecular flexibility index (Phi) is 4.20. The molecule has 0 atom stereocenters. The third-order valence-corrected chi connectivity index (χ3v) is 4.55. The average molecular weight is 334 g/mol. The Labute approximate surface area is 145 Å². The van der Waals surface area contributed by atoms with Crippen molar-refractivity contribution in [2.75, 3.05) is 13.1 Å². The van der Waals surface area contributed by atoms with Crippen molar-refractivity contribution < 1.29 is 4.79 Å². The number of nitrogens with zero attached hydrogens (tertiary/aromatic N) is 6. The molecule has 0 unspecified atom stereocenters. The van der Waals surface area contributed by atoms with Gasteiger partial charge in [0.25, 0.3) is 5.91 Å². The normalized spacial score (nSPS) is 15.3. The van der Waals surface area contributed by atoms with Crippen LogP contribution in [0.2, 0.25) is 0 Å². The average Bonchev–Trinajstić information content (AvgIpc) is 3.23. The van der Waals surface area contributed by atoms with Crippen LogP contribution in [0.1, 0.15) is 34.8 Å². The van der Waals surface area contributed by atoms with Gasteiger partial charge in [0.05, 0.1) is 11.3 Å². The highest BCUT2D eigenvalue weighted by Crippen LogP contribution is 2.26. The van der Waals surface area contributed by atoms with E-state index in [0.29, 0.717) is 11.5 Å². The smallest absolute Gasteiger partial charge is 0.255 e.